The topological polar surface area (TPSA) is 67.2 Å². The second-order valence-electron chi connectivity index (χ2n) is 6.51. The van der Waals surface area contributed by atoms with Gasteiger partial charge in [-0.3, -0.25) is 18.9 Å². The van der Waals surface area contributed by atoms with Crippen molar-refractivity contribution in [1.29, 1.82) is 0 Å². The summed E-state index contributed by atoms with van der Waals surface area (Å²) in [7, 11) is 1.58. The number of nitrogens with zero attached hydrogens (tertiary/aromatic N) is 4. The van der Waals surface area contributed by atoms with Crippen molar-refractivity contribution in [2.45, 2.75) is 0 Å². The quantitative estimate of drug-likeness (QED) is 0.509. The lowest BCUT2D eigenvalue weighted by molar-refractivity contribution is -0.122. The van der Waals surface area contributed by atoms with E-state index in [1.807, 2.05) is 23.9 Å². The molecule has 0 aliphatic carbocycles. The Hall–Kier alpha value is -1.88. The fraction of sp³-hybridized carbons (Fsp3) is 0.368. The molecule has 0 N–H and O–H groups in total. The van der Waals surface area contributed by atoms with Crippen molar-refractivity contribution in [2.75, 3.05) is 49.8 Å². The highest BCUT2D eigenvalue weighted by Crippen LogP contribution is 2.33. The average molecular weight is 449 g/mol. The highest BCUT2D eigenvalue weighted by Gasteiger charge is 2.32. The van der Waals surface area contributed by atoms with Gasteiger partial charge in [-0.15, -0.1) is 0 Å². The number of anilines is 1. The molecule has 0 bridgehead atoms. The number of amides is 1. The highest BCUT2D eigenvalue weighted by atomic mass is 32.2. The number of hydrogen-bond donors (Lipinski definition) is 0. The van der Waals surface area contributed by atoms with E-state index in [-0.39, 0.29) is 11.5 Å². The van der Waals surface area contributed by atoms with E-state index in [1.54, 1.807) is 25.4 Å². The molecule has 0 saturated carbocycles. The largest absolute Gasteiger partial charge is 0.383 e. The number of fused-ring (bicyclic) bond motifs is 1. The number of carbonyl (C=O) groups excluding carboxylic acids is 1. The summed E-state index contributed by atoms with van der Waals surface area (Å²) in [6.07, 6.45) is 3.35. The predicted molar refractivity (Wildman–Crippen MR) is 123 cm³/mol. The summed E-state index contributed by atoms with van der Waals surface area (Å²) in [4.78, 5) is 35.0. The SMILES string of the molecule is COCCN1C(=O)/C(=C/c2c(N3CCSCC3)nc3ccccn3c2=O)SC1=S. The summed E-state index contributed by atoms with van der Waals surface area (Å²) < 4.78 is 7.05. The van der Waals surface area contributed by atoms with Crippen LogP contribution in [0.15, 0.2) is 34.1 Å². The maximum atomic E-state index is 13.3. The van der Waals surface area contributed by atoms with Gasteiger partial charge in [0.25, 0.3) is 11.5 Å². The Morgan fingerprint density at radius 3 is 2.83 bits per heavy atom. The zero-order chi connectivity index (χ0) is 20.4. The van der Waals surface area contributed by atoms with Gasteiger partial charge < -0.3 is 9.64 Å². The van der Waals surface area contributed by atoms with Crippen LogP contribution < -0.4 is 10.5 Å². The maximum Gasteiger partial charge on any atom is 0.267 e. The summed E-state index contributed by atoms with van der Waals surface area (Å²) in [6, 6.07) is 5.47. The van der Waals surface area contributed by atoms with Gasteiger partial charge in [-0.25, -0.2) is 4.98 Å². The Morgan fingerprint density at radius 1 is 1.28 bits per heavy atom. The van der Waals surface area contributed by atoms with Crippen molar-refractivity contribution in [3.8, 4) is 0 Å². The number of ether oxygens (including phenoxy) is 1. The van der Waals surface area contributed by atoms with Gasteiger partial charge >= 0.3 is 0 Å². The molecule has 2 aliphatic rings. The number of methoxy groups -OCH3 is 1. The first kappa shape index (κ1) is 20.4. The molecule has 29 heavy (non-hydrogen) atoms. The van der Waals surface area contributed by atoms with E-state index in [2.05, 4.69) is 4.90 Å². The molecular weight excluding hydrogens is 428 g/mol. The average Bonchev–Trinajstić information content (AvgIpc) is 3.01. The summed E-state index contributed by atoms with van der Waals surface area (Å²) >= 11 is 8.45. The lowest BCUT2D eigenvalue weighted by Gasteiger charge is -2.28. The Labute approximate surface area is 182 Å². The molecule has 2 fully saturated rings. The zero-order valence-corrected chi connectivity index (χ0v) is 18.3. The van der Waals surface area contributed by atoms with Gasteiger partial charge in [0, 0.05) is 37.9 Å². The number of thiocarbonyl (C=S) groups is 1. The fourth-order valence-corrected chi connectivity index (χ4v) is 5.43. The van der Waals surface area contributed by atoms with Gasteiger partial charge in [0.05, 0.1) is 23.6 Å². The van der Waals surface area contributed by atoms with E-state index >= 15 is 0 Å². The van der Waals surface area contributed by atoms with Gasteiger partial charge in [0.15, 0.2) is 0 Å². The molecule has 2 aromatic rings. The molecule has 10 heteroatoms. The van der Waals surface area contributed by atoms with Crippen LogP contribution in [0.2, 0.25) is 0 Å². The number of rotatable bonds is 5. The van der Waals surface area contributed by atoms with Crippen LogP contribution in [0.1, 0.15) is 5.56 Å². The molecule has 2 saturated heterocycles. The second-order valence-corrected chi connectivity index (χ2v) is 9.41. The third-order valence-electron chi connectivity index (χ3n) is 4.73. The first-order chi connectivity index (χ1) is 14.1. The van der Waals surface area contributed by atoms with E-state index < -0.39 is 0 Å². The molecule has 4 rings (SSSR count). The highest BCUT2D eigenvalue weighted by molar-refractivity contribution is 8.26. The van der Waals surface area contributed by atoms with E-state index in [1.165, 1.54) is 21.1 Å². The molecule has 0 atom stereocenters. The smallest absolute Gasteiger partial charge is 0.267 e. The van der Waals surface area contributed by atoms with Crippen LogP contribution in [0.25, 0.3) is 11.7 Å². The van der Waals surface area contributed by atoms with Crippen molar-refractivity contribution < 1.29 is 9.53 Å². The van der Waals surface area contributed by atoms with Gasteiger partial charge in [-0.2, -0.15) is 11.8 Å². The Morgan fingerprint density at radius 2 is 2.07 bits per heavy atom. The minimum Gasteiger partial charge on any atom is -0.383 e. The van der Waals surface area contributed by atoms with E-state index in [0.29, 0.717) is 39.4 Å². The van der Waals surface area contributed by atoms with Crippen LogP contribution in [-0.4, -0.2) is 69.4 Å². The van der Waals surface area contributed by atoms with Crippen molar-refractivity contribution in [1.82, 2.24) is 14.3 Å². The van der Waals surface area contributed by atoms with Crippen molar-refractivity contribution in [2.24, 2.45) is 0 Å². The van der Waals surface area contributed by atoms with Crippen LogP contribution in [-0.2, 0) is 9.53 Å². The summed E-state index contributed by atoms with van der Waals surface area (Å²) in [5.41, 5.74) is 0.828. The van der Waals surface area contributed by atoms with Gasteiger partial charge in [0.1, 0.15) is 15.8 Å². The predicted octanol–water partition coefficient (Wildman–Crippen LogP) is 2.10. The number of aromatic nitrogens is 2. The van der Waals surface area contributed by atoms with Gasteiger partial charge in [-0.05, 0) is 18.2 Å². The molecule has 2 aliphatic heterocycles. The number of pyridine rings is 1. The van der Waals surface area contributed by atoms with Crippen molar-refractivity contribution >= 4 is 63.5 Å². The number of thioether (sulfide) groups is 2. The molecule has 0 radical (unpaired) electrons. The molecule has 152 valence electrons. The molecule has 7 nitrogen and oxygen atoms in total. The first-order valence-corrected chi connectivity index (χ1v) is 11.6. The van der Waals surface area contributed by atoms with Gasteiger partial charge in [-0.1, -0.05) is 30.0 Å². The second kappa shape index (κ2) is 8.86. The minimum atomic E-state index is -0.199. The Bertz CT molecular complexity index is 1050. The van der Waals surface area contributed by atoms with Crippen LogP contribution in [0, 0.1) is 0 Å². The monoisotopic (exact) mass is 448 g/mol. The first-order valence-electron chi connectivity index (χ1n) is 9.18. The number of carbonyl (C=O) groups is 1. The lowest BCUT2D eigenvalue weighted by atomic mass is 10.2. The van der Waals surface area contributed by atoms with Crippen LogP contribution in [0.4, 0.5) is 5.82 Å². The molecule has 2 aromatic heterocycles. The molecule has 0 spiro atoms. The molecule has 1 amide bonds. The lowest BCUT2D eigenvalue weighted by Crippen LogP contribution is -2.36. The minimum absolute atomic E-state index is 0.189. The standard InChI is InChI=1S/C19H20N4O3S3/c1-26-9-6-23-18(25)14(29-19(23)27)12-13-16(21-7-10-28-11-8-21)20-15-4-2-3-5-22(15)17(13)24/h2-5,12H,6-11H2,1H3/b14-12-. The number of hydrogen-bond acceptors (Lipinski definition) is 8. The summed E-state index contributed by atoms with van der Waals surface area (Å²) in [5.74, 6) is 2.39. The zero-order valence-electron chi connectivity index (χ0n) is 15.9. The van der Waals surface area contributed by atoms with Crippen LogP contribution in [0.5, 0.6) is 0 Å². The molecular formula is C19H20N4O3S3. The summed E-state index contributed by atoms with van der Waals surface area (Å²) in [5, 5.41) is 0. The van der Waals surface area contributed by atoms with E-state index in [9.17, 15) is 9.59 Å². The van der Waals surface area contributed by atoms with Crippen molar-refractivity contribution in [3.63, 3.8) is 0 Å². The summed E-state index contributed by atoms with van der Waals surface area (Å²) in [6.45, 7) is 2.42. The molecule has 0 aromatic carbocycles. The molecule has 0 unspecified atom stereocenters. The third-order valence-corrected chi connectivity index (χ3v) is 7.05. The fourth-order valence-electron chi connectivity index (χ4n) is 3.24. The Balaban J connectivity index is 1.81. The molecule has 4 heterocycles. The van der Waals surface area contributed by atoms with Crippen LogP contribution >= 0.6 is 35.7 Å². The van der Waals surface area contributed by atoms with E-state index in [4.69, 9.17) is 21.9 Å². The van der Waals surface area contributed by atoms with Crippen LogP contribution in [0.3, 0.4) is 0 Å². The normalized spacial score (nSPS) is 19.0. The third kappa shape index (κ3) is 4.07. The van der Waals surface area contributed by atoms with E-state index in [0.717, 1.165) is 24.6 Å². The maximum absolute atomic E-state index is 13.3. The van der Waals surface area contributed by atoms with Crippen molar-refractivity contribution in [3.05, 3.63) is 45.2 Å². The van der Waals surface area contributed by atoms with Gasteiger partial charge in [0.2, 0.25) is 0 Å². The Kier molecular flexibility index (Phi) is 6.23.